The Balaban J connectivity index is 1.69. The van der Waals surface area contributed by atoms with E-state index in [0.29, 0.717) is 6.54 Å². The topological polar surface area (TPSA) is 54.7 Å². The predicted octanol–water partition coefficient (Wildman–Crippen LogP) is 2.08. The molecule has 1 aromatic heterocycles. The molecule has 1 aliphatic rings. The molecule has 0 bridgehead atoms. The number of carbonyl (C=O) groups is 1. The number of likely N-dealkylation sites (tertiary alicyclic amines) is 1. The molecule has 1 N–H and O–H groups in total. The van der Waals surface area contributed by atoms with Gasteiger partial charge in [-0.05, 0) is 26.5 Å². The van der Waals surface area contributed by atoms with Crippen LogP contribution in [0.15, 0.2) is 28.7 Å². The predicted molar refractivity (Wildman–Crippen MR) is 84.6 cm³/mol. The molecule has 5 heteroatoms. The van der Waals surface area contributed by atoms with Crippen LogP contribution in [0, 0.1) is 6.92 Å². The molecule has 1 saturated heterocycles. The van der Waals surface area contributed by atoms with Crippen LogP contribution in [0.1, 0.15) is 17.7 Å². The summed E-state index contributed by atoms with van der Waals surface area (Å²) in [5.74, 6) is 0.905. The number of rotatable bonds is 4. The molecule has 1 aliphatic heterocycles. The van der Waals surface area contributed by atoms with Crippen molar-refractivity contribution in [3.05, 3.63) is 35.6 Å². The summed E-state index contributed by atoms with van der Waals surface area (Å²) in [5.41, 5.74) is 1.91. The van der Waals surface area contributed by atoms with Crippen LogP contribution < -0.4 is 5.32 Å². The zero-order valence-electron chi connectivity index (χ0n) is 13.3. The number of fused-ring (bicyclic) bond motifs is 1. The van der Waals surface area contributed by atoms with Crippen molar-refractivity contribution in [2.75, 3.05) is 20.7 Å². The van der Waals surface area contributed by atoms with E-state index in [1.54, 1.807) is 7.11 Å². The first kappa shape index (κ1) is 15.1. The lowest BCUT2D eigenvalue weighted by Crippen LogP contribution is -2.41. The minimum atomic E-state index is -0.122. The van der Waals surface area contributed by atoms with Crippen LogP contribution >= 0.6 is 0 Å². The lowest BCUT2D eigenvalue weighted by atomic mass is 10.1. The summed E-state index contributed by atoms with van der Waals surface area (Å²) in [6, 6.07) is 7.78. The number of amides is 1. The molecule has 5 nitrogen and oxygen atoms in total. The van der Waals surface area contributed by atoms with Gasteiger partial charge in [0.15, 0.2) is 0 Å². The molecule has 0 spiro atoms. The summed E-state index contributed by atoms with van der Waals surface area (Å²) in [4.78, 5) is 14.5. The monoisotopic (exact) mass is 302 g/mol. The summed E-state index contributed by atoms with van der Waals surface area (Å²) >= 11 is 0. The van der Waals surface area contributed by atoms with Crippen LogP contribution in [-0.4, -0.2) is 43.7 Å². The van der Waals surface area contributed by atoms with Crippen molar-refractivity contribution < 1.29 is 13.9 Å². The SMILES string of the molecule is CO[C@H]1C[C@@H](C(=O)NCc2c(C)oc3ccccc23)N(C)C1. The molecule has 0 aliphatic carbocycles. The second-order valence-electron chi connectivity index (χ2n) is 5.90. The number of methoxy groups -OCH3 is 1. The smallest absolute Gasteiger partial charge is 0.237 e. The van der Waals surface area contributed by atoms with Gasteiger partial charge in [-0.15, -0.1) is 0 Å². The van der Waals surface area contributed by atoms with E-state index in [4.69, 9.17) is 9.15 Å². The van der Waals surface area contributed by atoms with Crippen molar-refractivity contribution in [1.29, 1.82) is 0 Å². The molecule has 118 valence electrons. The standard InChI is InChI=1S/C17H22N2O3/c1-11-14(13-6-4-5-7-16(13)22-11)9-18-17(20)15-8-12(21-3)10-19(15)2/h4-7,12,15H,8-10H2,1-3H3,(H,18,20)/t12-,15-/m0/s1. The zero-order chi connectivity index (χ0) is 15.7. The van der Waals surface area contributed by atoms with E-state index in [9.17, 15) is 4.79 Å². The van der Waals surface area contributed by atoms with Crippen molar-refractivity contribution in [2.24, 2.45) is 0 Å². The number of ether oxygens (including phenoxy) is 1. The van der Waals surface area contributed by atoms with E-state index in [2.05, 4.69) is 5.32 Å². The molecule has 0 saturated carbocycles. The van der Waals surface area contributed by atoms with E-state index < -0.39 is 0 Å². The number of carbonyl (C=O) groups excluding carboxylic acids is 1. The van der Waals surface area contributed by atoms with E-state index in [-0.39, 0.29) is 18.1 Å². The first-order valence-corrected chi connectivity index (χ1v) is 7.58. The maximum absolute atomic E-state index is 12.4. The van der Waals surface area contributed by atoms with E-state index >= 15 is 0 Å². The van der Waals surface area contributed by atoms with Crippen molar-refractivity contribution in [3.8, 4) is 0 Å². The second kappa shape index (κ2) is 6.10. The minimum Gasteiger partial charge on any atom is -0.461 e. The Morgan fingerprint density at radius 3 is 2.95 bits per heavy atom. The molecule has 2 atom stereocenters. The summed E-state index contributed by atoms with van der Waals surface area (Å²) in [6.45, 7) is 3.22. The van der Waals surface area contributed by atoms with Gasteiger partial charge in [-0.25, -0.2) is 0 Å². The van der Waals surface area contributed by atoms with Crippen LogP contribution in [0.3, 0.4) is 0 Å². The molecule has 0 radical (unpaired) electrons. The third-order valence-corrected chi connectivity index (χ3v) is 4.49. The van der Waals surface area contributed by atoms with Gasteiger partial charge in [-0.3, -0.25) is 9.69 Å². The largest absolute Gasteiger partial charge is 0.461 e. The Morgan fingerprint density at radius 2 is 2.23 bits per heavy atom. The van der Waals surface area contributed by atoms with Crippen molar-refractivity contribution in [3.63, 3.8) is 0 Å². The van der Waals surface area contributed by atoms with Crippen LogP contribution in [0.2, 0.25) is 0 Å². The van der Waals surface area contributed by atoms with Gasteiger partial charge >= 0.3 is 0 Å². The Kier molecular flexibility index (Phi) is 4.18. The fraction of sp³-hybridized carbons (Fsp3) is 0.471. The number of likely N-dealkylation sites (N-methyl/N-ethyl adjacent to an activating group) is 1. The van der Waals surface area contributed by atoms with Gasteiger partial charge in [-0.2, -0.15) is 0 Å². The summed E-state index contributed by atoms with van der Waals surface area (Å²) in [5, 5.41) is 4.10. The number of nitrogens with zero attached hydrogens (tertiary/aromatic N) is 1. The molecular weight excluding hydrogens is 280 g/mol. The van der Waals surface area contributed by atoms with Gasteiger partial charge in [0.2, 0.25) is 5.91 Å². The van der Waals surface area contributed by atoms with Crippen molar-refractivity contribution in [1.82, 2.24) is 10.2 Å². The molecule has 1 fully saturated rings. The Morgan fingerprint density at radius 1 is 1.45 bits per heavy atom. The number of hydrogen-bond acceptors (Lipinski definition) is 4. The summed E-state index contributed by atoms with van der Waals surface area (Å²) in [7, 11) is 3.65. The molecule has 2 aromatic rings. The molecule has 1 aromatic carbocycles. The molecule has 0 unspecified atom stereocenters. The Labute approximate surface area is 130 Å². The van der Waals surface area contributed by atoms with E-state index in [1.807, 2.05) is 43.1 Å². The lowest BCUT2D eigenvalue weighted by Gasteiger charge is -2.18. The van der Waals surface area contributed by atoms with Gasteiger partial charge < -0.3 is 14.5 Å². The number of benzene rings is 1. The highest BCUT2D eigenvalue weighted by Gasteiger charge is 2.34. The van der Waals surface area contributed by atoms with Gasteiger partial charge in [0.05, 0.1) is 12.1 Å². The third-order valence-electron chi connectivity index (χ3n) is 4.49. The lowest BCUT2D eigenvalue weighted by molar-refractivity contribution is -0.125. The van der Waals surface area contributed by atoms with Crippen molar-refractivity contribution in [2.45, 2.75) is 32.0 Å². The van der Waals surface area contributed by atoms with Gasteiger partial charge in [0.25, 0.3) is 0 Å². The van der Waals surface area contributed by atoms with E-state index in [1.165, 1.54) is 0 Å². The van der Waals surface area contributed by atoms with Gasteiger partial charge in [0.1, 0.15) is 11.3 Å². The van der Waals surface area contributed by atoms with Gasteiger partial charge in [0, 0.05) is 31.1 Å². The summed E-state index contributed by atoms with van der Waals surface area (Å²) < 4.78 is 11.1. The number of para-hydroxylation sites is 1. The summed E-state index contributed by atoms with van der Waals surface area (Å²) in [6.07, 6.45) is 0.876. The minimum absolute atomic E-state index is 0.0479. The van der Waals surface area contributed by atoms with Crippen LogP contribution in [-0.2, 0) is 16.1 Å². The molecule has 3 rings (SSSR count). The first-order valence-electron chi connectivity index (χ1n) is 7.58. The van der Waals surface area contributed by atoms with Crippen LogP contribution in [0.4, 0.5) is 0 Å². The quantitative estimate of drug-likeness (QED) is 0.939. The van der Waals surface area contributed by atoms with Crippen molar-refractivity contribution >= 4 is 16.9 Å². The Hall–Kier alpha value is -1.85. The molecule has 2 heterocycles. The number of furan rings is 1. The fourth-order valence-electron chi connectivity index (χ4n) is 3.16. The normalized spacial score (nSPS) is 22.3. The number of nitrogens with one attached hydrogen (secondary N) is 1. The third kappa shape index (κ3) is 2.74. The molecular formula is C17H22N2O3. The first-order chi connectivity index (χ1) is 10.6. The average molecular weight is 302 g/mol. The average Bonchev–Trinajstić information content (AvgIpc) is 3.04. The van der Waals surface area contributed by atoms with Gasteiger partial charge in [-0.1, -0.05) is 18.2 Å². The highest BCUT2D eigenvalue weighted by molar-refractivity contribution is 5.85. The number of hydrogen-bond donors (Lipinski definition) is 1. The zero-order valence-corrected chi connectivity index (χ0v) is 13.3. The highest BCUT2D eigenvalue weighted by Crippen LogP contribution is 2.25. The maximum Gasteiger partial charge on any atom is 0.237 e. The second-order valence-corrected chi connectivity index (χ2v) is 5.90. The van der Waals surface area contributed by atoms with Crippen LogP contribution in [0.25, 0.3) is 11.0 Å². The molecule has 1 amide bonds. The Bertz CT molecular complexity index is 680. The number of aryl methyl sites for hydroxylation is 1. The fourth-order valence-corrected chi connectivity index (χ4v) is 3.16. The van der Waals surface area contributed by atoms with E-state index in [0.717, 1.165) is 35.3 Å². The van der Waals surface area contributed by atoms with Crippen LogP contribution in [0.5, 0.6) is 0 Å². The molecule has 22 heavy (non-hydrogen) atoms. The maximum atomic E-state index is 12.4. The highest BCUT2D eigenvalue weighted by atomic mass is 16.5.